The van der Waals surface area contributed by atoms with Crippen LogP contribution in [0.3, 0.4) is 0 Å². The number of imide groups is 1. The number of carbonyl (C=O) groups is 4. The highest BCUT2D eigenvalue weighted by Gasteiger charge is 2.36. The molecule has 0 spiro atoms. The molecule has 2 heterocycles. The van der Waals surface area contributed by atoms with E-state index >= 15 is 0 Å². The highest BCUT2D eigenvalue weighted by atomic mass is 32.2. The number of hydrogen-bond donors (Lipinski definition) is 0. The van der Waals surface area contributed by atoms with Crippen LogP contribution in [0.1, 0.15) is 11.1 Å². The largest absolute Gasteiger partial charge is 0.497 e. The lowest BCUT2D eigenvalue weighted by molar-refractivity contribution is -0.140. The van der Waals surface area contributed by atoms with Crippen molar-refractivity contribution in [2.75, 3.05) is 39.0 Å². The van der Waals surface area contributed by atoms with E-state index in [0.29, 0.717) is 11.3 Å². The molecule has 9 nitrogen and oxygen atoms in total. The smallest absolute Gasteiger partial charge is 0.289 e. The lowest BCUT2D eigenvalue weighted by atomic mass is 10.2. The van der Waals surface area contributed by atoms with E-state index in [9.17, 15) is 23.6 Å². The molecular formula is C25H26FN3O6S. The van der Waals surface area contributed by atoms with Crippen molar-refractivity contribution in [3.63, 3.8) is 0 Å². The highest BCUT2D eigenvalue weighted by Crippen LogP contribution is 2.20. The van der Waals surface area contributed by atoms with Gasteiger partial charge >= 0.3 is 0 Å². The Labute approximate surface area is 212 Å². The van der Waals surface area contributed by atoms with E-state index in [4.69, 9.17) is 9.47 Å². The number of carbonyl (C=O) groups excluding carboxylic acids is 4. The summed E-state index contributed by atoms with van der Waals surface area (Å²) in [4.78, 5) is 53.8. The monoisotopic (exact) mass is 515 g/mol. The van der Waals surface area contributed by atoms with Crippen LogP contribution in [-0.2, 0) is 32.3 Å². The Morgan fingerprint density at radius 3 is 2.47 bits per heavy atom. The molecule has 2 fully saturated rings. The van der Waals surface area contributed by atoms with Gasteiger partial charge in [0, 0.05) is 25.2 Å². The van der Waals surface area contributed by atoms with Crippen LogP contribution in [0.4, 0.5) is 9.18 Å². The second-order valence-electron chi connectivity index (χ2n) is 8.46. The Hall–Kier alpha value is -3.44. The molecule has 11 heteroatoms. The summed E-state index contributed by atoms with van der Waals surface area (Å²) in [6, 6.07) is 13.5. The number of thioether (sulfide) groups is 1. The van der Waals surface area contributed by atoms with Gasteiger partial charge in [-0.1, -0.05) is 42.1 Å². The summed E-state index contributed by atoms with van der Waals surface area (Å²) in [5.41, 5.74) is 1.22. The Balaban J connectivity index is 1.50. The number of ether oxygens (including phenoxy) is 2. The summed E-state index contributed by atoms with van der Waals surface area (Å²) in [7, 11) is 1.57. The molecule has 2 saturated heterocycles. The molecule has 0 bridgehead atoms. The van der Waals surface area contributed by atoms with Crippen molar-refractivity contribution < 1.29 is 33.0 Å². The predicted molar refractivity (Wildman–Crippen MR) is 130 cm³/mol. The third kappa shape index (κ3) is 6.21. The molecule has 2 aliphatic heterocycles. The molecule has 0 saturated carbocycles. The lowest BCUT2D eigenvalue weighted by Crippen LogP contribution is -2.46. The van der Waals surface area contributed by atoms with E-state index in [1.54, 1.807) is 42.3 Å². The standard InChI is InChI=1S/C25H26FN3O6S/c1-34-19-8-6-17(7-9-19)10-27-11-20(35-15-18-4-2-3-5-21(18)26)12-28(13-22(27)30)23(31)14-29-24(32)16-36-25(29)33/h2-9,20H,10-16H2,1H3/t20-/m1/s1. The maximum Gasteiger partial charge on any atom is 0.289 e. The van der Waals surface area contributed by atoms with Crippen LogP contribution >= 0.6 is 11.8 Å². The van der Waals surface area contributed by atoms with E-state index in [0.717, 1.165) is 22.2 Å². The quantitative estimate of drug-likeness (QED) is 0.532. The maximum atomic E-state index is 14.1. The van der Waals surface area contributed by atoms with Crippen LogP contribution in [0.25, 0.3) is 0 Å². The summed E-state index contributed by atoms with van der Waals surface area (Å²) in [6.45, 7) is -0.176. The van der Waals surface area contributed by atoms with Crippen molar-refractivity contribution in [2.24, 2.45) is 0 Å². The minimum absolute atomic E-state index is 0.00490. The fraction of sp³-hybridized carbons (Fsp3) is 0.360. The maximum absolute atomic E-state index is 14.1. The molecule has 0 aliphatic carbocycles. The number of rotatable bonds is 8. The van der Waals surface area contributed by atoms with Gasteiger partial charge in [-0.25, -0.2) is 4.39 Å². The zero-order valence-corrected chi connectivity index (χ0v) is 20.5. The normalized spacial score (nSPS) is 18.6. The van der Waals surface area contributed by atoms with Gasteiger partial charge in [0.25, 0.3) is 5.24 Å². The van der Waals surface area contributed by atoms with Crippen LogP contribution in [0, 0.1) is 5.82 Å². The molecule has 2 aromatic rings. The first-order valence-corrected chi connectivity index (χ1v) is 12.3. The fourth-order valence-electron chi connectivity index (χ4n) is 3.97. The number of benzene rings is 2. The molecule has 0 unspecified atom stereocenters. The van der Waals surface area contributed by atoms with E-state index in [1.807, 2.05) is 12.1 Å². The third-order valence-electron chi connectivity index (χ3n) is 5.98. The van der Waals surface area contributed by atoms with Gasteiger partial charge in [0.1, 0.15) is 18.1 Å². The Morgan fingerprint density at radius 1 is 1.06 bits per heavy atom. The number of hydrogen-bond acceptors (Lipinski definition) is 7. The number of amides is 4. The van der Waals surface area contributed by atoms with Crippen molar-refractivity contribution >= 4 is 34.7 Å². The average Bonchev–Trinajstić information content (AvgIpc) is 3.09. The van der Waals surface area contributed by atoms with Crippen LogP contribution < -0.4 is 4.74 Å². The van der Waals surface area contributed by atoms with Crippen molar-refractivity contribution in [1.82, 2.24) is 14.7 Å². The fourth-order valence-corrected chi connectivity index (χ4v) is 4.70. The molecule has 190 valence electrons. The summed E-state index contributed by atoms with van der Waals surface area (Å²) < 4.78 is 25.3. The lowest BCUT2D eigenvalue weighted by Gasteiger charge is -2.25. The second kappa shape index (κ2) is 11.5. The van der Waals surface area contributed by atoms with Crippen molar-refractivity contribution in [2.45, 2.75) is 19.3 Å². The summed E-state index contributed by atoms with van der Waals surface area (Å²) in [5.74, 6) is -0.993. The summed E-state index contributed by atoms with van der Waals surface area (Å²) >= 11 is 0.841. The van der Waals surface area contributed by atoms with E-state index in [1.165, 1.54) is 11.0 Å². The first-order chi connectivity index (χ1) is 17.3. The molecule has 0 radical (unpaired) electrons. The SMILES string of the molecule is COc1ccc(CN2C[C@@H](OCc3ccccc3F)CN(C(=O)CN3C(=O)CSC3=O)CC2=O)cc1. The summed E-state index contributed by atoms with van der Waals surface area (Å²) in [6.07, 6.45) is -0.613. The average molecular weight is 516 g/mol. The predicted octanol–water partition coefficient (Wildman–Crippen LogP) is 2.29. The number of methoxy groups -OCH3 is 1. The van der Waals surface area contributed by atoms with E-state index in [2.05, 4.69) is 0 Å². The zero-order chi connectivity index (χ0) is 25.7. The molecule has 1 atom stereocenters. The summed E-state index contributed by atoms with van der Waals surface area (Å²) in [5, 5.41) is -0.483. The van der Waals surface area contributed by atoms with Gasteiger partial charge in [0.2, 0.25) is 17.7 Å². The van der Waals surface area contributed by atoms with Crippen LogP contribution in [0.2, 0.25) is 0 Å². The highest BCUT2D eigenvalue weighted by molar-refractivity contribution is 8.14. The molecule has 36 heavy (non-hydrogen) atoms. The number of nitrogens with zero attached hydrogens (tertiary/aromatic N) is 3. The minimum atomic E-state index is -0.613. The first kappa shape index (κ1) is 25.6. The third-order valence-corrected chi connectivity index (χ3v) is 6.84. The van der Waals surface area contributed by atoms with Crippen molar-refractivity contribution in [3.05, 3.63) is 65.5 Å². The van der Waals surface area contributed by atoms with Crippen LogP contribution in [0.15, 0.2) is 48.5 Å². The second-order valence-corrected chi connectivity index (χ2v) is 9.38. The molecule has 0 N–H and O–H groups in total. The molecule has 2 aliphatic rings. The topological polar surface area (TPSA) is 96.5 Å². The zero-order valence-electron chi connectivity index (χ0n) is 19.7. The molecule has 2 aromatic carbocycles. The van der Waals surface area contributed by atoms with Gasteiger partial charge in [-0.3, -0.25) is 24.1 Å². The Morgan fingerprint density at radius 2 is 1.81 bits per heavy atom. The first-order valence-electron chi connectivity index (χ1n) is 11.3. The van der Waals surface area contributed by atoms with E-state index < -0.39 is 35.5 Å². The van der Waals surface area contributed by atoms with Crippen molar-refractivity contribution in [1.29, 1.82) is 0 Å². The molecule has 0 aromatic heterocycles. The van der Waals surface area contributed by atoms with Gasteiger partial charge in [-0.15, -0.1) is 0 Å². The van der Waals surface area contributed by atoms with Gasteiger partial charge in [-0.05, 0) is 23.8 Å². The van der Waals surface area contributed by atoms with Gasteiger partial charge in [0.05, 0.1) is 32.1 Å². The molecule has 4 rings (SSSR count). The Kier molecular flexibility index (Phi) is 8.21. The molecular weight excluding hydrogens is 489 g/mol. The van der Waals surface area contributed by atoms with Gasteiger partial charge in [-0.2, -0.15) is 0 Å². The van der Waals surface area contributed by atoms with Crippen molar-refractivity contribution in [3.8, 4) is 5.75 Å². The van der Waals surface area contributed by atoms with E-state index in [-0.39, 0.29) is 44.4 Å². The number of halogens is 1. The van der Waals surface area contributed by atoms with Crippen LogP contribution in [0.5, 0.6) is 5.75 Å². The van der Waals surface area contributed by atoms with Gasteiger partial charge in [0.15, 0.2) is 0 Å². The van der Waals surface area contributed by atoms with Gasteiger partial charge < -0.3 is 19.3 Å². The Bertz CT molecular complexity index is 1130. The van der Waals surface area contributed by atoms with Crippen LogP contribution in [-0.4, -0.2) is 82.8 Å². The minimum Gasteiger partial charge on any atom is -0.497 e. The molecule has 4 amide bonds.